The van der Waals surface area contributed by atoms with E-state index in [0.717, 1.165) is 10.0 Å². The lowest BCUT2D eigenvalue weighted by atomic mass is 10.1. The lowest BCUT2D eigenvalue weighted by molar-refractivity contribution is -0.140. The van der Waals surface area contributed by atoms with Crippen LogP contribution < -0.4 is 5.32 Å². The Kier molecular flexibility index (Phi) is 5.36. The number of amides is 2. The molecule has 0 aromatic heterocycles. The van der Waals surface area contributed by atoms with Gasteiger partial charge in [-0.15, -0.1) is 0 Å². The first-order valence-corrected chi connectivity index (χ1v) is 7.73. The van der Waals surface area contributed by atoms with Crippen LogP contribution in [0.4, 0.5) is 0 Å². The quantitative estimate of drug-likeness (QED) is 0.885. The van der Waals surface area contributed by atoms with Crippen LogP contribution in [-0.2, 0) is 16.1 Å². The van der Waals surface area contributed by atoms with Crippen LogP contribution in [0.15, 0.2) is 28.7 Å². The van der Waals surface area contributed by atoms with Crippen molar-refractivity contribution in [2.75, 3.05) is 27.2 Å². The summed E-state index contributed by atoms with van der Waals surface area (Å²) in [5.74, 6) is -0.0402. The average molecular weight is 354 g/mol. The van der Waals surface area contributed by atoms with Crippen LogP contribution >= 0.6 is 15.9 Å². The smallest absolute Gasteiger partial charge is 0.240 e. The summed E-state index contributed by atoms with van der Waals surface area (Å²) >= 11 is 3.44. The Balaban J connectivity index is 2.01. The Labute approximate surface area is 133 Å². The molecule has 0 saturated carbocycles. The summed E-state index contributed by atoms with van der Waals surface area (Å²) in [6, 6.07) is 7.51. The van der Waals surface area contributed by atoms with E-state index in [2.05, 4.69) is 21.2 Å². The van der Waals surface area contributed by atoms with Crippen molar-refractivity contribution in [2.24, 2.45) is 0 Å². The van der Waals surface area contributed by atoms with Gasteiger partial charge in [-0.3, -0.25) is 9.59 Å². The number of hydrogen-bond donors (Lipinski definition) is 1. The number of rotatable bonds is 4. The maximum atomic E-state index is 12.5. The third-order valence-corrected chi connectivity index (χ3v) is 4.02. The Bertz CT molecular complexity index is 533. The molecule has 0 radical (unpaired) electrons. The molecule has 1 atom stereocenters. The molecule has 1 aliphatic rings. The molecule has 1 aliphatic heterocycles. The molecule has 1 aromatic carbocycles. The molecule has 21 heavy (non-hydrogen) atoms. The third-order valence-electron chi connectivity index (χ3n) is 3.52. The number of piperazine rings is 1. The van der Waals surface area contributed by atoms with E-state index >= 15 is 0 Å². The van der Waals surface area contributed by atoms with Gasteiger partial charge in [-0.25, -0.2) is 0 Å². The second-order valence-electron chi connectivity index (χ2n) is 5.39. The summed E-state index contributed by atoms with van der Waals surface area (Å²) < 4.78 is 1.00. The topological polar surface area (TPSA) is 52.7 Å². The van der Waals surface area contributed by atoms with Crippen LogP contribution in [0.25, 0.3) is 0 Å². The van der Waals surface area contributed by atoms with Gasteiger partial charge in [-0.1, -0.05) is 28.1 Å². The van der Waals surface area contributed by atoms with Gasteiger partial charge in [0.05, 0.1) is 12.5 Å². The molecule has 114 valence electrons. The van der Waals surface area contributed by atoms with Gasteiger partial charge >= 0.3 is 0 Å². The summed E-state index contributed by atoms with van der Waals surface area (Å²) in [7, 11) is 3.41. The molecule has 1 heterocycles. The van der Waals surface area contributed by atoms with Crippen molar-refractivity contribution in [3.05, 3.63) is 34.3 Å². The summed E-state index contributed by atoms with van der Waals surface area (Å²) in [5.41, 5.74) is 1.08. The standard InChI is InChI=1S/C15H20BrN3O2/c1-18(2)14(20)9-13-15(21)19(7-6-17-13)10-11-4-3-5-12(16)8-11/h3-5,8,13,17H,6-7,9-10H2,1-2H3. The molecule has 1 saturated heterocycles. The molecule has 2 amide bonds. The second kappa shape index (κ2) is 7.04. The zero-order valence-corrected chi connectivity index (χ0v) is 13.9. The van der Waals surface area contributed by atoms with Crippen molar-refractivity contribution in [1.29, 1.82) is 0 Å². The molecule has 0 spiro atoms. The molecule has 1 N–H and O–H groups in total. The first-order valence-electron chi connectivity index (χ1n) is 6.94. The largest absolute Gasteiger partial charge is 0.349 e. The van der Waals surface area contributed by atoms with Gasteiger partial charge in [0.2, 0.25) is 11.8 Å². The third kappa shape index (κ3) is 4.28. The normalized spacial score (nSPS) is 18.7. The van der Waals surface area contributed by atoms with E-state index in [1.807, 2.05) is 29.2 Å². The van der Waals surface area contributed by atoms with E-state index in [4.69, 9.17) is 0 Å². The molecular formula is C15H20BrN3O2. The number of halogens is 1. The molecule has 1 aromatic rings. The number of carbonyl (C=O) groups is 2. The van der Waals surface area contributed by atoms with Crippen LogP contribution in [0.2, 0.25) is 0 Å². The van der Waals surface area contributed by atoms with Crippen molar-refractivity contribution in [2.45, 2.75) is 19.0 Å². The van der Waals surface area contributed by atoms with Gasteiger partial charge in [-0.2, -0.15) is 0 Å². The minimum Gasteiger partial charge on any atom is -0.349 e. The molecule has 1 unspecified atom stereocenters. The highest BCUT2D eigenvalue weighted by Gasteiger charge is 2.30. The van der Waals surface area contributed by atoms with Crippen LogP contribution in [-0.4, -0.2) is 54.8 Å². The number of nitrogens with one attached hydrogen (secondary N) is 1. The van der Waals surface area contributed by atoms with E-state index in [-0.39, 0.29) is 18.2 Å². The fourth-order valence-electron chi connectivity index (χ4n) is 2.32. The van der Waals surface area contributed by atoms with Crippen molar-refractivity contribution >= 4 is 27.7 Å². The van der Waals surface area contributed by atoms with Gasteiger partial charge in [0.25, 0.3) is 0 Å². The van der Waals surface area contributed by atoms with Crippen LogP contribution in [0.5, 0.6) is 0 Å². The van der Waals surface area contributed by atoms with E-state index in [9.17, 15) is 9.59 Å². The number of nitrogens with zero attached hydrogens (tertiary/aromatic N) is 2. The lowest BCUT2D eigenvalue weighted by Gasteiger charge is -2.33. The Morgan fingerprint density at radius 2 is 2.24 bits per heavy atom. The zero-order chi connectivity index (χ0) is 15.4. The Hall–Kier alpha value is -1.40. The molecule has 1 fully saturated rings. The minimum absolute atomic E-state index is 0.00331. The maximum Gasteiger partial charge on any atom is 0.240 e. The van der Waals surface area contributed by atoms with Gasteiger partial charge in [0.15, 0.2) is 0 Å². The fraction of sp³-hybridized carbons (Fsp3) is 0.467. The maximum absolute atomic E-state index is 12.5. The summed E-state index contributed by atoms with van der Waals surface area (Å²) in [4.78, 5) is 27.6. The first kappa shape index (κ1) is 16.0. The monoisotopic (exact) mass is 353 g/mol. The molecule has 0 bridgehead atoms. The fourth-order valence-corrected chi connectivity index (χ4v) is 2.77. The first-order chi connectivity index (χ1) is 9.97. The van der Waals surface area contributed by atoms with Crippen molar-refractivity contribution in [3.8, 4) is 0 Å². The van der Waals surface area contributed by atoms with E-state index < -0.39 is 6.04 Å². The highest BCUT2D eigenvalue weighted by molar-refractivity contribution is 9.10. The van der Waals surface area contributed by atoms with E-state index in [0.29, 0.717) is 19.6 Å². The summed E-state index contributed by atoms with van der Waals surface area (Å²) in [6.07, 6.45) is 0.209. The SMILES string of the molecule is CN(C)C(=O)CC1NCCN(Cc2cccc(Br)c2)C1=O. The second-order valence-corrected chi connectivity index (χ2v) is 6.30. The predicted molar refractivity (Wildman–Crippen MR) is 84.7 cm³/mol. The molecule has 6 heteroatoms. The summed E-state index contributed by atoms with van der Waals surface area (Å²) in [6.45, 7) is 1.95. The Morgan fingerprint density at radius 1 is 1.48 bits per heavy atom. The van der Waals surface area contributed by atoms with Gasteiger partial charge < -0.3 is 15.1 Å². The van der Waals surface area contributed by atoms with Crippen molar-refractivity contribution < 1.29 is 9.59 Å². The minimum atomic E-state index is -0.416. The van der Waals surface area contributed by atoms with Crippen LogP contribution in [0.1, 0.15) is 12.0 Å². The van der Waals surface area contributed by atoms with Crippen LogP contribution in [0.3, 0.4) is 0 Å². The molecule has 5 nitrogen and oxygen atoms in total. The van der Waals surface area contributed by atoms with Gasteiger partial charge in [0.1, 0.15) is 0 Å². The van der Waals surface area contributed by atoms with Crippen LogP contribution in [0, 0.1) is 0 Å². The van der Waals surface area contributed by atoms with Gasteiger partial charge in [0, 0.05) is 38.2 Å². The number of carbonyl (C=O) groups excluding carboxylic acids is 2. The van der Waals surface area contributed by atoms with Gasteiger partial charge in [-0.05, 0) is 17.7 Å². The number of benzene rings is 1. The Morgan fingerprint density at radius 3 is 2.90 bits per heavy atom. The predicted octanol–water partition coefficient (Wildman–Crippen LogP) is 1.23. The molecule has 0 aliphatic carbocycles. The van der Waals surface area contributed by atoms with E-state index in [1.54, 1.807) is 14.1 Å². The van der Waals surface area contributed by atoms with E-state index in [1.165, 1.54) is 4.90 Å². The highest BCUT2D eigenvalue weighted by atomic mass is 79.9. The van der Waals surface area contributed by atoms with Crippen molar-refractivity contribution in [1.82, 2.24) is 15.1 Å². The molecular weight excluding hydrogens is 334 g/mol. The average Bonchev–Trinajstić information content (AvgIpc) is 2.43. The summed E-state index contributed by atoms with van der Waals surface area (Å²) in [5, 5.41) is 3.13. The molecule has 2 rings (SSSR count). The van der Waals surface area contributed by atoms with Crippen molar-refractivity contribution in [3.63, 3.8) is 0 Å². The zero-order valence-electron chi connectivity index (χ0n) is 12.3. The lowest BCUT2D eigenvalue weighted by Crippen LogP contribution is -2.55. The number of hydrogen-bond acceptors (Lipinski definition) is 3. The highest BCUT2D eigenvalue weighted by Crippen LogP contribution is 2.15.